The van der Waals surface area contributed by atoms with Crippen LogP contribution in [0.3, 0.4) is 0 Å². The average molecular weight is 352 g/mol. The molecule has 0 saturated carbocycles. The predicted molar refractivity (Wildman–Crippen MR) is 80.1 cm³/mol. The molecule has 100 valence electrons. The monoisotopic (exact) mass is 350 g/mol. The number of carbonyl (C=O) groups is 1. The minimum atomic E-state index is -0.293. The lowest BCUT2D eigenvalue weighted by molar-refractivity contribution is 0.102. The molecule has 0 aliphatic carbocycles. The SMILES string of the molecule is O=C(Nc1cc(Br)cn2cnnc12)c1ccccc1Cl. The van der Waals surface area contributed by atoms with E-state index in [1.54, 1.807) is 47.3 Å². The zero-order chi connectivity index (χ0) is 14.1. The van der Waals surface area contributed by atoms with Gasteiger partial charge in [0.25, 0.3) is 5.91 Å². The van der Waals surface area contributed by atoms with Gasteiger partial charge < -0.3 is 5.32 Å². The molecule has 0 spiro atoms. The quantitative estimate of drug-likeness (QED) is 0.770. The molecule has 0 saturated heterocycles. The molecule has 1 amide bonds. The van der Waals surface area contributed by atoms with E-state index in [9.17, 15) is 4.79 Å². The van der Waals surface area contributed by atoms with Gasteiger partial charge in [0.1, 0.15) is 6.33 Å². The van der Waals surface area contributed by atoms with Gasteiger partial charge in [-0.3, -0.25) is 9.20 Å². The molecule has 2 aromatic heterocycles. The second-order valence-corrected chi connectivity index (χ2v) is 5.39. The number of aromatic nitrogens is 3. The summed E-state index contributed by atoms with van der Waals surface area (Å²) < 4.78 is 2.52. The number of nitrogens with one attached hydrogen (secondary N) is 1. The number of anilines is 1. The summed E-state index contributed by atoms with van der Waals surface area (Å²) >= 11 is 9.39. The van der Waals surface area contributed by atoms with E-state index in [1.165, 1.54) is 0 Å². The zero-order valence-corrected chi connectivity index (χ0v) is 12.4. The van der Waals surface area contributed by atoms with Crippen LogP contribution in [0.1, 0.15) is 10.4 Å². The molecular formula is C13H8BrClN4O. The number of pyridine rings is 1. The molecule has 2 heterocycles. The number of hydrogen-bond donors (Lipinski definition) is 1. The fraction of sp³-hybridized carbons (Fsp3) is 0. The van der Waals surface area contributed by atoms with Gasteiger partial charge in [-0.2, -0.15) is 0 Å². The maximum absolute atomic E-state index is 12.2. The van der Waals surface area contributed by atoms with Gasteiger partial charge in [-0.1, -0.05) is 23.7 Å². The van der Waals surface area contributed by atoms with Crippen LogP contribution in [-0.2, 0) is 0 Å². The summed E-state index contributed by atoms with van der Waals surface area (Å²) in [4.78, 5) is 12.2. The molecule has 0 bridgehead atoms. The van der Waals surface area contributed by atoms with E-state index in [0.29, 0.717) is 21.9 Å². The zero-order valence-electron chi connectivity index (χ0n) is 10.0. The summed E-state index contributed by atoms with van der Waals surface area (Å²) in [6.07, 6.45) is 3.37. The second kappa shape index (κ2) is 5.22. The van der Waals surface area contributed by atoms with Crippen LogP contribution in [0.5, 0.6) is 0 Å². The lowest BCUT2D eigenvalue weighted by Gasteiger charge is -2.08. The normalized spacial score (nSPS) is 10.7. The van der Waals surface area contributed by atoms with Crippen molar-refractivity contribution in [3.8, 4) is 0 Å². The molecule has 3 aromatic rings. The smallest absolute Gasteiger partial charge is 0.257 e. The summed E-state index contributed by atoms with van der Waals surface area (Å²) in [5.41, 5.74) is 1.53. The van der Waals surface area contributed by atoms with E-state index in [0.717, 1.165) is 4.47 Å². The number of benzene rings is 1. The highest BCUT2D eigenvalue weighted by Gasteiger charge is 2.13. The molecule has 0 fully saturated rings. The van der Waals surface area contributed by atoms with Crippen LogP contribution in [0.25, 0.3) is 5.65 Å². The van der Waals surface area contributed by atoms with Gasteiger partial charge in [-0.05, 0) is 34.1 Å². The largest absolute Gasteiger partial charge is 0.319 e. The number of halogens is 2. The van der Waals surface area contributed by atoms with Crippen LogP contribution in [0.4, 0.5) is 5.69 Å². The number of hydrogen-bond acceptors (Lipinski definition) is 3. The van der Waals surface area contributed by atoms with Gasteiger partial charge in [0.05, 0.1) is 16.3 Å². The summed E-state index contributed by atoms with van der Waals surface area (Å²) in [7, 11) is 0. The van der Waals surface area contributed by atoms with E-state index in [-0.39, 0.29) is 5.91 Å². The summed E-state index contributed by atoms with van der Waals surface area (Å²) in [5.74, 6) is -0.293. The molecule has 0 unspecified atom stereocenters. The maximum atomic E-state index is 12.2. The van der Waals surface area contributed by atoms with E-state index < -0.39 is 0 Å². The minimum absolute atomic E-state index is 0.293. The Hall–Kier alpha value is -1.92. The molecular weight excluding hydrogens is 344 g/mol. The third kappa shape index (κ3) is 2.39. The van der Waals surface area contributed by atoms with Crippen LogP contribution in [0.15, 0.2) is 47.3 Å². The Morgan fingerprint density at radius 3 is 2.95 bits per heavy atom. The Kier molecular flexibility index (Phi) is 3.42. The third-order valence-corrected chi connectivity index (χ3v) is 3.49. The Bertz CT molecular complexity index is 802. The van der Waals surface area contributed by atoms with Crippen molar-refractivity contribution >= 4 is 44.8 Å². The van der Waals surface area contributed by atoms with Gasteiger partial charge in [-0.25, -0.2) is 0 Å². The van der Waals surface area contributed by atoms with E-state index in [1.807, 2.05) is 0 Å². The number of carbonyl (C=O) groups excluding carboxylic acids is 1. The van der Waals surface area contributed by atoms with Crippen LogP contribution in [-0.4, -0.2) is 20.5 Å². The Morgan fingerprint density at radius 1 is 1.35 bits per heavy atom. The van der Waals surface area contributed by atoms with Crippen LogP contribution in [0, 0.1) is 0 Å². The van der Waals surface area contributed by atoms with Gasteiger partial charge in [0, 0.05) is 10.7 Å². The number of fused-ring (bicyclic) bond motifs is 1. The van der Waals surface area contributed by atoms with E-state index in [2.05, 4.69) is 31.4 Å². The highest BCUT2D eigenvalue weighted by molar-refractivity contribution is 9.10. The van der Waals surface area contributed by atoms with Crippen molar-refractivity contribution in [3.63, 3.8) is 0 Å². The van der Waals surface area contributed by atoms with E-state index >= 15 is 0 Å². The van der Waals surface area contributed by atoms with Crippen LogP contribution in [0.2, 0.25) is 5.02 Å². The molecule has 3 rings (SSSR count). The molecule has 7 heteroatoms. The molecule has 0 aliphatic heterocycles. The topological polar surface area (TPSA) is 59.3 Å². The summed E-state index contributed by atoms with van der Waals surface area (Å²) in [6.45, 7) is 0. The fourth-order valence-corrected chi connectivity index (χ4v) is 2.50. The lowest BCUT2D eigenvalue weighted by atomic mass is 10.2. The molecule has 1 aromatic carbocycles. The van der Waals surface area contributed by atoms with E-state index in [4.69, 9.17) is 11.6 Å². The molecule has 0 atom stereocenters. The van der Waals surface area contributed by atoms with Gasteiger partial charge in [0.2, 0.25) is 0 Å². The Morgan fingerprint density at radius 2 is 2.15 bits per heavy atom. The maximum Gasteiger partial charge on any atom is 0.257 e. The first-order valence-electron chi connectivity index (χ1n) is 5.70. The standard InChI is InChI=1S/C13H8BrClN4O/c14-8-5-11(12-18-16-7-19(12)6-8)17-13(20)9-3-1-2-4-10(9)15/h1-7H,(H,17,20). The third-order valence-electron chi connectivity index (χ3n) is 2.73. The van der Waals surface area contributed by atoms with Crippen molar-refractivity contribution in [2.75, 3.05) is 5.32 Å². The summed E-state index contributed by atoms with van der Waals surface area (Å²) in [5, 5.41) is 11.0. The first kappa shape index (κ1) is 13.1. The van der Waals surface area contributed by atoms with Crippen molar-refractivity contribution < 1.29 is 4.79 Å². The summed E-state index contributed by atoms with van der Waals surface area (Å²) in [6, 6.07) is 8.63. The van der Waals surface area contributed by atoms with Crippen molar-refractivity contribution in [2.24, 2.45) is 0 Å². The Labute approximate surface area is 127 Å². The van der Waals surface area contributed by atoms with Crippen molar-refractivity contribution in [1.82, 2.24) is 14.6 Å². The highest BCUT2D eigenvalue weighted by atomic mass is 79.9. The highest BCUT2D eigenvalue weighted by Crippen LogP contribution is 2.22. The van der Waals surface area contributed by atoms with Crippen LogP contribution >= 0.6 is 27.5 Å². The van der Waals surface area contributed by atoms with Crippen molar-refractivity contribution in [3.05, 3.63) is 57.9 Å². The number of amides is 1. The van der Waals surface area contributed by atoms with Crippen molar-refractivity contribution in [1.29, 1.82) is 0 Å². The van der Waals surface area contributed by atoms with Gasteiger partial charge in [-0.15, -0.1) is 10.2 Å². The molecule has 20 heavy (non-hydrogen) atoms. The predicted octanol–water partition coefficient (Wildman–Crippen LogP) is 3.40. The first-order valence-corrected chi connectivity index (χ1v) is 6.87. The lowest BCUT2D eigenvalue weighted by Crippen LogP contribution is -2.13. The molecule has 5 nitrogen and oxygen atoms in total. The van der Waals surface area contributed by atoms with Gasteiger partial charge in [0.15, 0.2) is 5.65 Å². The number of nitrogens with zero attached hydrogens (tertiary/aromatic N) is 3. The molecule has 0 radical (unpaired) electrons. The molecule has 1 N–H and O–H groups in total. The second-order valence-electron chi connectivity index (χ2n) is 4.07. The molecule has 0 aliphatic rings. The Balaban J connectivity index is 1.99. The van der Waals surface area contributed by atoms with Crippen LogP contribution < -0.4 is 5.32 Å². The first-order chi connectivity index (χ1) is 9.65. The fourth-order valence-electron chi connectivity index (χ4n) is 1.83. The average Bonchev–Trinajstić information content (AvgIpc) is 2.87. The number of rotatable bonds is 2. The van der Waals surface area contributed by atoms with Crippen molar-refractivity contribution in [2.45, 2.75) is 0 Å². The van der Waals surface area contributed by atoms with Gasteiger partial charge >= 0.3 is 0 Å². The minimum Gasteiger partial charge on any atom is -0.319 e.